The predicted molar refractivity (Wildman–Crippen MR) is 142 cm³/mol. The van der Waals surface area contributed by atoms with Gasteiger partial charge in [-0.1, -0.05) is 71.8 Å². The topological polar surface area (TPSA) is 62.1 Å². The Balaban J connectivity index is 1.72. The highest BCUT2D eigenvalue weighted by atomic mass is 16.5. The number of hydrogen-bond acceptors (Lipinski definition) is 3. The van der Waals surface area contributed by atoms with Gasteiger partial charge in [-0.05, 0) is 73.4 Å². The van der Waals surface area contributed by atoms with Gasteiger partial charge in [0, 0.05) is 11.3 Å². The molecule has 174 valence electrons. The Bertz CT molecular complexity index is 1470. The van der Waals surface area contributed by atoms with Crippen LogP contribution in [-0.2, 0) is 11.4 Å². The maximum atomic E-state index is 13.1. The summed E-state index contributed by atoms with van der Waals surface area (Å²) in [4.78, 5) is 13.1. The van der Waals surface area contributed by atoms with Gasteiger partial charge in [0.05, 0.1) is 0 Å². The normalized spacial score (nSPS) is 11.2. The minimum atomic E-state index is -0.450. The summed E-state index contributed by atoms with van der Waals surface area (Å²) in [5.41, 5.74) is 6.88. The zero-order chi connectivity index (χ0) is 24.9. The molecule has 0 unspecified atom stereocenters. The van der Waals surface area contributed by atoms with Crippen LogP contribution in [0.25, 0.3) is 16.8 Å². The van der Waals surface area contributed by atoms with Crippen molar-refractivity contribution in [1.29, 1.82) is 5.26 Å². The Morgan fingerprint density at radius 2 is 1.69 bits per heavy atom. The molecule has 0 bridgehead atoms. The number of fused-ring (bicyclic) bond motifs is 1. The zero-order valence-electron chi connectivity index (χ0n) is 20.5. The van der Waals surface area contributed by atoms with E-state index in [4.69, 9.17) is 4.74 Å². The molecule has 0 radical (unpaired) electrons. The van der Waals surface area contributed by atoms with Gasteiger partial charge in [0.1, 0.15) is 24.0 Å². The molecule has 0 saturated carbocycles. The van der Waals surface area contributed by atoms with Crippen molar-refractivity contribution in [3.05, 3.63) is 112 Å². The van der Waals surface area contributed by atoms with E-state index >= 15 is 0 Å². The predicted octanol–water partition coefficient (Wildman–Crippen LogP) is 7.20. The largest absolute Gasteiger partial charge is 0.488 e. The van der Waals surface area contributed by atoms with Gasteiger partial charge in [-0.15, -0.1) is 0 Å². The third kappa shape index (κ3) is 5.42. The number of nitrogens with one attached hydrogen (secondary N) is 1. The van der Waals surface area contributed by atoms with Gasteiger partial charge < -0.3 is 10.1 Å². The smallest absolute Gasteiger partial charge is 0.266 e. The molecule has 35 heavy (non-hydrogen) atoms. The van der Waals surface area contributed by atoms with Crippen molar-refractivity contribution < 1.29 is 9.53 Å². The van der Waals surface area contributed by atoms with E-state index in [0.29, 0.717) is 23.6 Å². The summed E-state index contributed by atoms with van der Waals surface area (Å²) < 4.78 is 6.23. The lowest BCUT2D eigenvalue weighted by Gasteiger charge is -2.14. The van der Waals surface area contributed by atoms with Crippen molar-refractivity contribution in [2.75, 3.05) is 5.32 Å². The van der Waals surface area contributed by atoms with Crippen molar-refractivity contribution in [3.63, 3.8) is 0 Å². The summed E-state index contributed by atoms with van der Waals surface area (Å²) in [6.45, 7) is 8.45. The van der Waals surface area contributed by atoms with Crippen molar-refractivity contribution in [2.45, 2.75) is 34.3 Å². The second-order valence-corrected chi connectivity index (χ2v) is 8.85. The third-order valence-electron chi connectivity index (χ3n) is 6.11. The molecule has 0 aliphatic rings. The van der Waals surface area contributed by atoms with Crippen molar-refractivity contribution in [3.8, 4) is 11.8 Å². The highest BCUT2D eigenvalue weighted by Gasteiger charge is 2.15. The fraction of sp³-hybridized carbons (Fsp3) is 0.161. The van der Waals surface area contributed by atoms with Crippen LogP contribution >= 0.6 is 0 Å². The Morgan fingerprint density at radius 3 is 2.43 bits per heavy atom. The van der Waals surface area contributed by atoms with Crippen LogP contribution in [-0.4, -0.2) is 5.91 Å². The molecule has 4 rings (SSSR count). The van der Waals surface area contributed by atoms with Gasteiger partial charge in [0.15, 0.2) is 0 Å². The van der Waals surface area contributed by atoms with Gasteiger partial charge in [-0.2, -0.15) is 5.26 Å². The molecule has 0 aromatic heterocycles. The maximum Gasteiger partial charge on any atom is 0.266 e. The van der Waals surface area contributed by atoms with E-state index in [-0.39, 0.29) is 5.57 Å². The van der Waals surface area contributed by atoms with Crippen LogP contribution in [0.2, 0.25) is 0 Å². The Kier molecular flexibility index (Phi) is 6.98. The average Bonchev–Trinajstić information content (AvgIpc) is 2.83. The Labute approximate surface area is 206 Å². The fourth-order valence-corrected chi connectivity index (χ4v) is 4.23. The number of carbonyl (C=O) groups excluding carboxylic acids is 1. The molecule has 0 aliphatic carbocycles. The molecule has 0 aliphatic heterocycles. The summed E-state index contributed by atoms with van der Waals surface area (Å²) in [6, 6.07) is 25.9. The van der Waals surface area contributed by atoms with Gasteiger partial charge in [0.2, 0.25) is 0 Å². The highest BCUT2D eigenvalue weighted by Crippen LogP contribution is 2.31. The second kappa shape index (κ2) is 10.3. The van der Waals surface area contributed by atoms with Gasteiger partial charge in [0.25, 0.3) is 5.91 Å². The molecule has 0 atom stereocenters. The summed E-state index contributed by atoms with van der Waals surface area (Å²) >= 11 is 0. The number of nitrogens with zero attached hydrogens (tertiary/aromatic N) is 1. The monoisotopic (exact) mass is 460 g/mol. The first kappa shape index (κ1) is 23.8. The standard InChI is InChI=1S/C31H28N2O2/c1-20-14-21(2)16-24(15-20)19-35-30-13-12-25-9-5-6-10-27(25)28(30)17-26(18-32)31(34)33-29-11-7-8-22(3)23(29)4/h5-17H,19H2,1-4H3,(H,33,34)/b26-17+. The molecule has 4 aromatic carbocycles. The van der Waals surface area contributed by atoms with E-state index in [1.54, 1.807) is 6.08 Å². The van der Waals surface area contributed by atoms with E-state index in [2.05, 4.69) is 43.4 Å². The van der Waals surface area contributed by atoms with E-state index in [9.17, 15) is 10.1 Å². The SMILES string of the molecule is Cc1cc(C)cc(COc2ccc3ccccc3c2/C=C(\C#N)C(=O)Nc2cccc(C)c2C)c1. The summed E-state index contributed by atoms with van der Waals surface area (Å²) in [6.07, 6.45) is 1.62. The number of ether oxygens (including phenoxy) is 1. The van der Waals surface area contributed by atoms with Crippen LogP contribution in [0.5, 0.6) is 5.75 Å². The summed E-state index contributed by atoms with van der Waals surface area (Å²) in [5, 5.41) is 14.7. The molecule has 0 fully saturated rings. The van der Waals surface area contributed by atoms with Gasteiger partial charge >= 0.3 is 0 Å². The molecule has 0 spiro atoms. The first-order valence-corrected chi connectivity index (χ1v) is 11.6. The van der Waals surface area contributed by atoms with Crippen LogP contribution in [0.1, 0.15) is 33.4 Å². The summed E-state index contributed by atoms with van der Waals surface area (Å²) in [5.74, 6) is 0.171. The minimum absolute atomic E-state index is 0.0125. The molecule has 4 heteroatoms. The van der Waals surface area contributed by atoms with E-state index in [0.717, 1.165) is 27.5 Å². The first-order valence-electron chi connectivity index (χ1n) is 11.6. The fourth-order valence-electron chi connectivity index (χ4n) is 4.23. The quantitative estimate of drug-likeness (QED) is 0.244. The van der Waals surface area contributed by atoms with Crippen LogP contribution < -0.4 is 10.1 Å². The molecule has 1 amide bonds. The van der Waals surface area contributed by atoms with E-state index in [1.807, 2.05) is 68.4 Å². The van der Waals surface area contributed by atoms with Crippen LogP contribution in [0.3, 0.4) is 0 Å². The van der Waals surface area contributed by atoms with Crippen molar-refractivity contribution in [1.82, 2.24) is 0 Å². The molecule has 4 nitrogen and oxygen atoms in total. The van der Waals surface area contributed by atoms with Crippen LogP contribution in [0, 0.1) is 39.0 Å². The minimum Gasteiger partial charge on any atom is -0.488 e. The molecule has 0 saturated heterocycles. The molecule has 0 heterocycles. The highest BCUT2D eigenvalue weighted by molar-refractivity contribution is 6.11. The maximum absolute atomic E-state index is 13.1. The molecular weight excluding hydrogens is 432 g/mol. The second-order valence-electron chi connectivity index (χ2n) is 8.85. The lowest BCUT2D eigenvalue weighted by Crippen LogP contribution is -2.14. The molecule has 1 N–H and O–H groups in total. The Morgan fingerprint density at radius 1 is 0.943 bits per heavy atom. The third-order valence-corrected chi connectivity index (χ3v) is 6.11. The number of amides is 1. The number of rotatable bonds is 6. The van der Waals surface area contributed by atoms with Crippen LogP contribution in [0.15, 0.2) is 78.4 Å². The first-order chi connectivity index (χ1) is 16.9. The lowest BCUT2D eigenvalue weighted by atomic mass is 10.0. The zero-order valence-corrected chi connectivity index (χ0v) is 20.5. The molecule has 4 aromatic rings. The van der Waals surface area contributed by atoms with Crippen LogP contribution in [0.4, 0.5) is 5.69 Å². The van der Waals surface area contributed by atoms with E-state index < -0.39 is 5.91 Å². The van der Waals surface area contributed by atoms with Gasteiger partial charge in [-0.25, -0.2) is 0 Å². The lowest BCUT2D eigenvalue weighted by molar-refractivity contribution is -0.112. The number of aryl methyl sites for hydroxylation is 3. The van der Waals surface area contributed by atoms with Crippen molar-refractivity contribution >= 4 is 28.4 Å². The number of carbonyl (C=O) groups is 1. The van der Waals surface area contributed by atoms with Crippen molar-refractivity contribution in [2.24, 2.45) is 0 Å². The van der Waals surface area contributed by atoms with E-state index in [1.165, 1.54) is 11.1 Å². The number of benzene rings is 4. The number of anilines is 1. The number of hydrogen-bond donors (Lipinski definition) is 1. The Hall–Kier alpha value is -4.36. The average molecular weight is 461 g/mol. The summed E-state index contributed by atoms with van der Waals surface area (Å²) in [7, 11) is 0. The van der Waals surface area contributed by atoms with Gasteiger partial charge in [-0.3, -0.25) is 4.79 Å². The number of nitriles is 1. The molecular formula is C31H28N2O2.